The Kier molecular flexibility index (Phi) is 8.02. The van der Waals surface area contributed by atoms with Crippen molar-refractivity contribution in [3.8, 4) is 5.75 Å². The van der Waals surface area contributed by atoms with Crippen molar-refractivity contribution in [3.05, 3.63) is 65.4 Å². The summed E-state index contributed by atoms with van der Waals surface area (Å²) in [6, 6.07) is 14.0. The first-order valence-electron chi connectivity index (χ1n) is 11.8. The van der Waals surface area contributed by atoms with Crippen LogP contribution in [0.5, 0.6) is 5.75 Å². The Labute approximate surface area is 204 Å². The number of carbonyl (C=O) groups is 2. The number of aromatic nitrogens is 1. The van der Waals surface area contributed by atoms with E-state index in [2.05, 4.69) is 14.8 Å². The lowest BCUT2D eigenvalue weighted by Crippen LogP contribution is -2.47. The molecule has 1 fully saturated rings. The van der Waals surface area contributed by atoms with Gasteiger partial charge in [-0.2, -0.15) is 0 Å². The number of benzene rings is 2. The van der Waals surface area contributed by atoms with Crippen LogP contribution in [0.3, 0.4) is 0 Å². The highest BCUT2D eigenvalue weighted by Crippen LogP contribution is 2.33. The van der Waals surface area contributed by atoms with Gasteiger partial charge in [0.15, 0.2) is 0 Å². The highest BCUT2D eigenvalue weighted by molar-refractivity contribution is 6.10. The first-order chi connectivity index (χ1) is 17.0. The molecule has 35 heavy (non-hydrogen) atoms. The lowest BCUT2D eigenvalue weighted by Gasteiger charge is -2.27. The second-order valence-corrected chi connectivity index (χ2v) is 8.61. The molecule has 2 heterocycles. The van der Waals surface area contributed by atoms with E-state index in [0.29, 0.717) is 17.9 Å². The summed E-state index contributed by atoms with van der Waals surface area (Å²) < 4.78 is 13.2. The van der Waals surface area contributed by atoms with Crippen molar-refractivity contribution in [1.82, 2.24) is 20.3 Å². The Bertz CT molecular complexity index is 1170. The summed E-state index contributed by atoms with van der Waals surface area (Å²) in [4.78, 5) is 28.3. The van der Waals surface area contributed by atoms with Crippen molar-refractivity contribution in [1.29, 1.82) is 0 Å². The van der Waals surface area contributed by atoms with Gasteiger partial charge in [-0.15, -0.1) is 0 Å². The molecule has 0 saturated carbocycles. The molecule has 0 radical (unpaired) electrons. The predicted octanol–water partition coefficient (Wildman–Crippen LogP) is 2.14. The first-order valence-corrected chi connectivity index (χ1v) is 11.8. The molecule has 1 aromatic heterocycles. The fourth-order valence-electron chi connectivity index (χ4n) is 4.66. The second kappa shape index (κ2) is 11.4. The van der Waals surface area contributed by atoms with Crippen LogP contribution in [-0.4, -0.2) is 72.5 Å². The van der Waals surface area contributed by atoms with Crippen LogP contribution < -0.4 is 15.5 Å². The number of para-hydroxylation sites is 1. The van der Waals surface area contributed by atoms with E-state index in [1.807, 2.05) is 55.5 Å². The normalized spacial score (nSPS) is 15.1. The summed E-state index contributed by atoms with van der Waals surface area (Å²) in [5.74, 6) is -0.371. The van der Waals surface area contributed by atoms with E-state index in [4.69, 9.17) is 9.47 Å². The summed E-state index contributed by atoms with van der Waals surface area (Å²) in [5, 5.41) is 12.9. The molecular weight excluding hydrogens is 448 g/mol. The van der Waals surface area contributed by atoms with Gasteiger partial charge in [0, 0.05) is 43.7 Å². The number of carbonyl (C=O) groups excluding carboxylic acids is 2. The van der Waals surface area contributed by atoms with Gasteiger partial charge in [0.05, 0.1) is 31.4 Å². The van der Waals surface area contributed by atoms with E-state index in [1.54, 1.807) is 12.6 Å². The summed E-state index contributed by atoms with van der Waals surface area (Å²) in [7, 11) is 1.62. The van der Waals surface area contributed by atoms with E-state index in [0.717, 1.165) is 55.0 Å². The summed E-state index contributed by atoms with van der Waals surface area (Å²) >= 11 is 0. The van der Waals surface area contributed by atoms with E-state index < -0.39 is 11.9 Å². The molecule has 9 heteroatoms. The van der Waals surface area contributed by atoms with Gasteiger partial charge >= 0.3 is 0 Å². The van der Waals surface area contributed by atoms with Gasteiger partial charge in [-0.05, 0) is 18.6 Å². The predicted molar refractivity (Wildman–Crippen MR) is 132 cm³/mol. The summed E-state index contributed by atoms with van der Waals surface area (Å²) in [5.41, 5.74) is 4.67. The van der Waals surface area contributed by atoms with Crippen molar-refractivity contribution in [2.75, 3.05) is 40.0 Å². The smallest absolute Gasteiger partial charge is 0.266 e. The minimum atomic E-state index is -0.938. The van der Waals surface area contributed by atoms with Crippen LogP contribution in [0.1, 0.15) is 21.6 Å². The van der Waals surface area contributed by atoms with Crippen molar-refractivity contribution < 1.29 is 24.3 Å². The molecule has 1 aliphatic heterocycles. The molecular formula is C26H32N4O5. The second-order valence-electron chi connectivity index (χ2n) is 8.61. The number of hydrogen-bond donors (Lipinski definition) is 3. The molecule has 1 aliphatic rings. The van der Waals surface area contributed by atoms with E-state index >= 15 is 0 Å². The third-order valence-corrected chi connectivity index (χ3v) is 6.51. The summed E-state index contributed by atoms with van der Waals surface area (Å²) in [6.07, 6.45) is 0.247. The number of nitrogens with zero attached hydrogens (tertiary/aromatic N) is 2. The maximum atomic E-state index is 13.6. The van der Waals surface area contributed by atoms with Crippen molar-refractivity contribution in [3.63, 3.8) is 0 Å². The molecule has 2 aromatic carbocycles. The van der Waals surface area contributed by atoms with Crippen LogP contribution in [0.4, 0.5) is 0 Å². The standard InChI is InChI=1S/C26H32N4O5/c1-18-23(26(32)27-21(25(31)28-33)17-19-7-4-3-5-8-19)20-9-6-10-22(34-2)24(20)30(18)12-11-29-13-15-35-16-14-29/h3-10,21,33H,11-17H2,1-2H3,(H,27,32)(H,28,31)/t21-/m0/s1. The number of nitrogens with one attached hydrogen (secondary N) is 2. The number of amides is 2. The molecule has 0 spiro atoms. The van der Waals surface area contributed by atoms with Gasteiger partial charge in [-0.25, -0.2) is 5.48 Å². The average Bonchev–Trinajstić information content (AvgIpc) is 3.18. The van der Waals surface area contributed by atoms with Crippen molar-refractivity contribution >= 4 is 22.7 Å². The Balaban J connectivity index is 1.65. The molecule has 0 aliphatic carbocycles. The largest absolute Gasteiger partial charge is 0.495 e. The van der Waals surface area contributed by atoms with Crippen molar-refractivity contribution in [2.45, 2.75) is 25.9 Å². The molecule has 0 unspecified atom stereocenters. The van der Waals surface area contributed by atoms with Gasteiger partial charge in [0.1, 0.15) is 11.8 Å². The van der Waals surface area contributed by atoms with Gasteiger partial charge in [0.2, 0.25) is 0 Å². The number of fused-ring (bicyclic) bond motifs is 1. The highest BCUT2D eigenvalue weighted by Gasteiger charge is 2.27. The van der Waals surface area contributed by atoms with E-state index in [-0.39, 0.29) is 12.3 Å². The number of rotatable bonds is 9. The molecule has 1 atom stereocenters. The van der Waals surface area contributed by atoms with Crippen LogP contribution in [0.15, 0.2) is 48.5 Å². The Morgan fingerprint density at radius 2 is 1.83 bits per heavy atom. The number of hydroxylamine groups is 1. The maximum absolute atomic E-state index is 13.6. The van der Waals surface area contributed by atoms with Gasteiger partial charge in [0.25, 0.3) is 11.8 Å². The molecule has 186 valence electrons. The SMILES string of the molecule is COc1cccc2c(C(=O)N[C@@H](Cc3ccccc3)C(=O)NO)c(C)n(CCN3CCOCC3)c12. The topological polar surface area (TPSA) is 105 Å². The molecule has 0 bridgehead atoms. The summed E-state index contributed by atoms with van der Waals surface area (Å²) in [6.45, 7) is 6.60. The Morgan fingerprint density at radius 1 is 1.09 bits per heavy atom. The molecule has 2 amide bonds. The molecule has 4 rings (SSSR count). The minimum Gasteiger partial charge on any atom is -0.495 e. The number of morpholine rings is 1. The first kappa shape index (κ1) is 24.7. The third-order valence-electron chi connectivity index (χ3n) is 6.51. The monoisotopic (exact) mass is 480 g/mol. The number of hydrogen-bond acceptors (Lipinski definition) is 6. The van der Waals surface area contributed by atoms with Crippen molar-refractivity contribution in [2.24, 2.45) is 0 Å². The zero-order chi connectivity index (χ0) is 24.8. The van der Waals surface area contributed by atoms with Crippen LogP contribution >= 0.6 is 0 Å². The van der Waals surface area contributed by atoms with Crippen LogP contribution in [-0.2, 0) is 22.5 Å². The fourth-order valence-corrected chi connectivity index (χ4v) is 4.66. The number of methoxy groups -OCH3 is 1. The zero-order valence-electron chi connectivity index (χ0n) is 20.1. The van der Waals surface area contributed by atoms with Crippen LogP contribution in [0.2, 0.25) is 0 Å². The lowest BCUT2D eigenvalue weighted by molar-refractivity contribution is -0.131. The quantitative estimate of drug-likeness (QED) is 0.320. The maximum Gasteiger partial charge on any atom is 0.266 e. The van der Waals surface area contributed by atoms with Gasteiger partial charge in [-0.1, -0.05) is 42.5 Å². The molecule has 3 N–H and O–H groups in total. The van der Waals surface area contributed by atoms with Gasteiger partial charge in [-0.3, -0.25) is 19.7 Å². The van der Waals surface area contributed by atoms with Gasteiger partial charge < -0.3 is 19.4 Å². The molecule has 9 nitrogen and oxygen atoms in total. The van der Waals surface area contributed by atoms with E-state index in [9.17, 15) is 14.8 Å². The highest BCUT2D eigenvalue weighted by atomic mass is 16.5. The third kappa shape index (κ3) is 5.48. The zero-order valence-corrected chi connectivity index (χ0v) is 20.1. The Hall–Kier alpha value is -3.40. The Morgan fingerprint density at radius 3 is 2.51 bits per heavy atom. The molecule has 3 aromatic rings. The van der Waals surface area contributed by atoms with E-state index in [1.165, 1.54) is 0 Å². The average molecular weight is 481 g/mol. The fraction of sp³-hybridized carbons (Fsp3) is 0.385. The minimum absolute atomic E-state index is 0.247. The lowest BCUT2D eigenvalue weighted by atomic mass is 10.0. The molecule has 1 saturated heterocycles. The van der Waals surface area contributed by atoms with Crippen LogP contribution in [0.25, 0.3) is 10.9 Å². The van der Waals surface area contributed by atoms with Crippen LogP contribution in [0, 0.1) is 6.92 Å². The number of ether oxygens (including phenoxy) is 2.